The number of hydrogen-bond donors (Lipinski definition) is 2. The lowest BCUT2D eigenvalue weighted by Crippen LogP contribution is -2.49. The highest BCUT2D eigenvalue weighted by Gasteiger charge is 2.37. The van der Waals surface area contributed by atoms with E-state index in [2.05, 4.69) is 10.6 Å². The molecular weight excluding hydrogens is 370 g/mol. The van der Waals surface area contributed by atoms with Crippen LogP contribution in [-0.4, -0.2) is 55.4 Å². The quantitative estimate of drug-likeness (QED) is 0.685. The molecule has 1 aliphatic carbocycles. The van der Waals surface area contributed by atoms with Crippen molar-refractivity contribution in [1.29, 1.82) is 0 Å². The number of carbonyl (C=O) groups excluding carboxylic acids is 3. The molecule has 1 saturated carbocycles. The molecule has 1 aromatic rings. The van der Waals surface area contributed by atoms with Crippen molar-refractivity contribution < 1.29 is 19.1 Å². The molecule has 0 spiro atoms. The molecule has 2 aliphatic rings. The lowest BCUT2D eigenvalue weighted by molar-refractivity contribution is -0.142. The van der Waals surface area contributed by atoms with Crippen LogP contribution in [0.25, 0.3) is 0 Å². The molecule has 3 rings (SSSR count). The van der Waals surface area contributed by atoms with Crippen molar-refractivity contribution in [2.24, 2.45) is 5.92 Å². The number of rotatable bonds is 7. The number of nitrogens with one attached hydrogen (secondary N) is 2. The molecule has 1 saturated heterocycles. The van der Waals surface area contributed by atoms with Gasteiger partial charge < -0.3 is 20.3 Å². The molecule has 29 heavy (non-hydrogen) atoms. The Kier molecular flexibility index (Phi) is 7.49. The van der Waals surface area contributed by atoms with Gasteiger partial charge in [0, 0.05) is 31.1 Å². The third-order valence-electron chi connectivity index (χ3n) is 5.85. The number of nitrogens with zero attached hydrogens (tertiary/aromatic N) is 1. The summed E-state index contributed by atoms with van der Waals surface area (Å²) in [5, 5.41) is 5.66. The number of ether oxygens (including phenoxy) is 1. The van der Waals surface area contributed by atoms with Crippen LogP contribution in [0.1, 0.15) is 55.3 Å². The average Bonchev–Trinajstić information content (AvgIpc) is 3.26. The molecule has 0 bridgehead atoms. The first-order valence-electron chi connectivity index (χ1n) is 10.6. The third-order valence-corrected chi connectivity index (χ3v) is 5.85. The second kappa shape index (κ2) is 10.3. The molecular formula is C22H31N3O4. The van der Waals surface area contributed by atoms with Gasteiger partial charge in [-0.25, -0.2) is 0 Å². The minimum Gasteiger partial charge on any atom is -0.497 e. The van der Waals surface area contributed by atoms with Crippen molar-refractivity contribution in [1.82, 2.24) is 15.5 Å². The Labute approximate surface area is 172 Å². The van der Waals surface area contributed by atoms with Gasteiger partial charge in [-0.05, 0) is 49.9 Å². The minimum atomic E-state index is -0.373. The van der Waals surface area contributed by atoms with E-state index in [1.54, 1.807) is 36.3 Å². The fraction of sp³-hybridized carbons (Fsp3) is 0.591. The van der Waals surface area contributed by atoms with E-state index in [1.807, 2.05) is 0 Å². The lowest BCUT2D eigenvalue weighted by Gasteiger charge is -2.30. The predicted molar refractivity (Wildman–Crippen MR) is 110 cm³/mol. The maximum atomic E-state index is 12.8. The molecule has 0 unspecified atom stereocenters. The van der Waals surface area contributed by atoms with E-state index in [0.717, 1.165) is 32.1 Å². The van der Waals surface area contributed by atoms with Gasteiger partial charge in [-0.2, -0.15) is 0 Å². The standard InChI is InChI=1S/C22H31N3O4/c1-29-18-11-9-16(10-12-18)20(26)23-13-14-24-21(27)19-8-5-15-25(19)22(28)17-6-3-2-4-7-17/h9-12,17,19H,2-8,13-15H2,1H3,(H,23,26)(H,24,27)/t19-/m0/s1. The number of hydrogen-bond acceptors (Lipinski definition) is 4. The Balaban J connectivity index is 1.42. The van der Waals surface area contributed by atoms with Gasteiger partial charge in [0.15, 0.2) is 0 Å². The molecule has 0 radical (unpaired) electrons. The number of benzene rings is 1. The van der Waals surface area contributed by atoms with Crippen LogP contribution >= 0.6 is 0 Å². The number of methoxy groups -OCH3 is 1. The van der Waals surface area contributed by atoms with Crippen molar-refractivity contribution in [3.63, 3.8) is 0 Å². The highest BCUT2D eigenvalue weighted by atomic mass is 16.5. The minimum absolute atomic E-state index is 0.0842. The molecule has 1 aliphatic heterocycles. The van der Waals surface area contributed by atoms with E-state index in [0.29, 0.717) is 37.4 Å². The van der Waals surface area contributed by atoms with Gasteiger partial charge in [-0.3, -0.25) is 14.4 Å². The Hall–Kier alpha value is -2.57. The Morgan fingerprint density at radius 1 is 0.966 bits per heavy atom. The zero-order chi connectivity index (χ0) is 20.6. The fourth-order valence-corrected chi connectivity index (χ4v) is 4.21. The van der Waals surface area contributed by atoms with Gasteiger partial charge in [0.1, 0.15) is 11.8 Å². The van der Waals surface area contributed by atoms with Crippen LogP contribution in [0.15, 0.2) is 24.3 Å². The summed E-state index contributed by atoms with van der Waals surface area (Å²) in [6.07, 6.45) is 6.88. The summed E-state index contributed by atoms with van der Waals surface area (Å²) in [6, 6.07) is 6.48. The smallest absolute Gasteiger partial charge is 0.251 e. The highest BCUT2D eigenvalue weighted by molar-refractivity contribution is 5.94. The maximum Gasteiger partial charge on any atom is 0.251 e. The summed E-state index contributed by atoms with van der Waals surface area (Å²) in [6.45, 7) is 1.34. The largest absolute Gasteiger partial charge is 0.497 e. The molecule has 7 nitrogen and oxygen atoms in total. The topological polar surface area (TPSA) is 87.7 Å². The number of likely N-dealkylation sites (tertiary alicyclic amines) is 1. The molecule has 158 valence electrons. The molecule has 2 N–H and O–H groups in total. The van der Waals surface area contributed by atoms with Crippen LogP contribution in [0, 0.1) is 5.92 Å². The Morgan fingerprint density at radius 3 is 2.34 bits per heavy atom. The van der Waals surface area contributed by atoms with E-state index < -0.39 is 0 Å². The average molecular weight is 402 g/mol. The summed E-state index contributed by atoms with van der Waals surface area (Å²) < 4.78 is 5.08. The first-order valence-corrected chi connectivity index (χ1v) is 10.6. The van der Waals surface area contributed by atoms with Gasteiger partial charge in [0.25, 0.3) is 5.91 Å². The second-order valence-electron chi connectivity index (χ2n) is 7.80. The van der Waals surface area contributed by atoms with Gasteiger partial charge in [0.2, 0.25) is 11.8 Å². The molecule has 0 aromatic heterocycles. The normalized spacial score (nSPS) is 19.6. The molecule has 2 fully saturated rings. The molecule has 7 heteroatoms. The summed E-state index contributed by atoms with van der Waals surface area (Å²) in [7, 11) is 1.58. The SMILES string of the molecule is COc1ccc(C(=O)NCCNC(=O)[C@@H]2CCCN2C(=O)C2CCCCC2)cc1. The van der Waals surface area contributed by atoms with Crippen LogP contribution < -0.4 is 15.4 Å². The van der Waals surface area contributed by atoms with E-state index in [1.165, 1.54) is 6.42 Å². The van der Waals surface area contributed by atoms with Crippen molar-refractivity contribution >= 4 is 17.7 Å². The van der Waals surface area contributed by atoms with Gasteiger partial charge in [0.05, 0.1) is 7.11 Å². The Morgan fingerprint density at radius 2 is 1.66 bits per heavy atom. The molecule has 1 heterocycles. The van der Waals surface area contributed by atoms with Crippen molar-refractivity contribution in [3.05, 3.63) is 29.8 Å². The maximum absolute atomic E-state index is 12.8. The van der Waals surface area contributed by atoms with Gasteiger partial charge in [-0.1, -0.05) is 19.3 Å². The summed E-state index contributed by atoms with van der Waals surface area (Å²) in [5.41, 5.74) is 0.539. The van der Waals surface area contributed by atoms with Crippen molar-refractivity contribution in [3.8, 4) is 5.75 Å². The molecule has 1 aromatic carbocycles. The number of amides is 3. The fourth-order valence-electron chi connectivity index (χ4n) is 4.21. The van der Waals surface area contributed by atoms with E-state index in [9.17, 15) is 14.4 Å². The first kappa shape index (κ1) is 21.1. The van der Waals surface area contributed by atoms with Crippen LogP contribution in [0.5, 0.6) is 5.75 Å². The van der Waals surface area contributed by atoms with Crippen LogP contribution in [-0.2, 0) is 9.59 Å². The van der Waals surface area contributed by atoms with Gasteiger partial charge >= 0.3 is 0 Å². The second-order valence-corrected chi connectivity index (χ2v) is 7.80. The third kappa shape index (κ3) is 5.49. The predicted octanol–water partition coefficient (Wildman–Crippen LogP) is 2.11. The Bertz CT molecular complexity index is 713. The monoisotopic (exact) mass is 401 g/mol. The van der Waals surface area contributed by atoms with Gasteiger partial charge in [-0.15, -0.1) is 0 Å². The summed E-state index contributed by atoms with van der Waals surface area (Å²) >= 11 is 0. The van der Waals surface area contributed by atoms with Crippen molar-refractivity contribution in [2.45, 2.75) is 51.0 Å². The van der Waals surface area contributed by atoms with Crippen LogP contribution in [0.2, 0.25) is 0 Å². The van der Waals surface area contributed by atoms with E-state index >= 15 is 0 Å². The van der Waals surface area contributed by atoms with E-state index in [-0.39, 0.29) is 29.7 Å². The van der Waals surface area contributed by atoms with E-state index in [4.69, 9.17) is 4.74 Å². The molecule has 3 amide bonds. The van der Waals surface area contributed by atoms with Crippen LogP contribution in [0.3, 0.4) is 0 Å². The first-order chi connectivity index (χ1) is 14.1. The number of carbonyl (C=O) groups is 3. The van der Waals surface area contributed by atoms with Crippen LogP contribution in [0.4, 0.5) is 0 Å². The zero-order valence-electron chi connectivity index (χ0n) is 17.1. The van der Waals surface area contributed by atoms with Crippen molar-refractivity contribution in [2.75, 3.05) is 26.7 Å². The lowest BCUT2D eigenvalue weighted by atomic mass is 9.88. The molecule has 1 atom stereocenters. The highest BCUT2D eigenvalue weighted by Crippen LogP contribution is 2.28. The zero-order valence-corrected chi connectivity index (χ0v) is 17.1. The summed E-state index contributed by atoms with van der Waals surface area (Å²) in [4.78, 5) is 39.3. The summed E-state index contributed by atoms with van der Waals surface area (Å²) in [5.74, 6) is 0.607.